The van der Waals surface area contributed by atoms with E-state index in [0.29, 0.717) is 5.56 Å². The Morgan fingerprint density at radius 1 is 0.907 bits per heavy atom. The number of aliphatic hydroxyl groups excluding tert-OH is 3. The number of hydrogen-bond acceptors (Lipinski definition) is 13. The number of hydrogen-bond donors (Lipinski definition) is 5. The van der Waals surface area contributed by atoms with Crippen molar-refractivity contribution >= 4 is 29.6 Å². The minimum atomic E-state index is -2.11. The van der Waals surface area contributed by atoms with Gasteiger partial charge in [-0.25, -0.2) is 4.79 Å². The molecule has 11 unspecified atom stereocenters. The number of rotatable bonds is 8. The number of benzene rings is 2. The van der Waals surface area contributed by atoms with Crippen LogP contribution in [0.1, 0.15) is 76.3 Å². The molecule has 14 nitrogen and oxygen atoms in total. The molecule has 2 bridgehead atoms. The van der Waals surface area contributed by atoms with Gasteiger partial charge >= 0.3 is 17.9 Å². The van der Waals surface area contributed by atoms with Crippen molar-refractivity contribution in [3.05, 3.63) is 82.9 Å². The predicted octanol–water partition coefficient (Wildman–Crippen LogP) is 1.87. The number of carbonyl (C=O) groups excluding carboxylic acids is 5. The number of aliphatic hydroxyl groups is 4. The number of ketones is 1. The third kappa shape index (κ3) is 6.04. The minimum Gasteiger partial charge on any atom is -0.456 e. The van der Waals surface area contributed by atoms with Gasteiger partial charge in [-0.05, 0) is 42.7 Å². The Labute approximate surface area is 312 Å². The van der Waals surface area contributed by atoms with E-state index in [4.69, 9.17) is 18.9 Å². The second-order valence-corrected chi connectivity index (χ2v) is 15.6. The molecule has 290 valence electrons. The standard InChI is InChI=1S/C40H47NO13/c1-20-25(53-36(49)30(46)29(23-13-9-7-10-14-23)41-35(48)24-15-11-8-12-16-24)18-40(50)34-32-38(6,33(47)31(52-21(2)42)28(20)37(40,4)5)26(44)17-27(45)39(32,19-51-34)54-22(3)43/h7-16,25-27,29-32,34,44-46,50H,17-19H2,1-6H3,(H,41,48). The van der Waals surface area contributed by atoms with Crippen molar-refractivity contribution in [1.82, 2.24) is 5.32 Å². The van der Waals surface area contributed by atoms with Crippen molar-refractivity contribution < 1.29 is 63.3 Å². The van der Waals surface area contributed by atoms with Crippen molar-refractivity contribution in [2.24, 2.45) is 16.7 Å². The van der Waals surface area contributed by atoms with E-state index in [9.17, 15) is 44.4 Å². The largest absolute Gasteiger partial charge is 0.456 e. The summed E-state index contributed by atoms with van der Waals surface area (Å²) in [5, 5.41) is 50.4. The lowest BCUT2D eigenvalue weighted by Crippen LogP contribution is -2.75. The fourth-order valence-electron chi connectivity index (χ4n) is 9.39. The minimum absolute atomic E-state index is 0.0901. The average Bonchev–Trinajstić information content (AvgIpc) is 3.52. The lowest BCUT2D eigenvalue weighted by Gasteiger charge is -2.61. The zero-order valence-electron chi connectivity index (χ0n) is 31.0. The Bertz CT molecular complexity index is 1860. The zero-order valence-corrected chi connectivity index (χ0v) is 31.0. The number of amides is 1. The van der Waals surface area contributed by atoms with Crippen LogP contribution in [0, 0.1) is 16.7 Å². The second-order valence-electron chi connectivity index (χ2n) is 15.6. The first-order valence-electron chi connectivity index (χ1n) is 17.9. The maximum atomic E-state index is 15.0. The first-order chi connectivity index (χ1) is 25.3. The molecule has 14 heteroatoms. The van der Waals surface area contributed by atoms with Crippen LogP contribution in [0.25, 0.3) is 0 Å². The Hall–Kier alpha value is -4.47. The highest BCUT2D eigenvalue weighted by molar-refractivity contribution is 5.96. The van der Waals surface area contributed by atoms with Crippen molar-refractivity contribution in [2.75, 3.05) is 6.61 Å². The molecule has 1 saturated heterocycles. The topological polar surface area (TPSA) is 215 Å². The van der Waals surface area contributed by atoms with Gasteiger partial charge in [0.25, 0.3) is 5.91 Å². The van der Waals surface area contributed by atoms with Gasteiger partial charge < -0.3 is 44.7 Å². The normalized spacial score (nSPS) is 35.0. The molecule has 0 aromatic heterocycles. The highest BCUT2D eigenvalue weighted by Crippen LogP contribution is 2.64. The highest BCUT2D eigenvalue weighted by atomic mass is 16.6. The Morgan fingerprint density at radius 2 is 1.52 bits per heavy atom. The summed E-state index contributed by atoms with van der Waals surface area (Å²) in [6.07, 6.45) is -10.3. The fourth-order valence-corrected chi connectivity index (χ4v) is 9.39. The Morgan fingerprint density at radius 3 is 2.11 bits per heavy atom. The number of Topliss-reactive ketones (excluding diaryl/α,β-unsaturated/α-hetero) is 1. The quantitative estimate of drug-likeness (QED) is 0.148. The van der Waals surface area contributed by atoms with E-state index >= 15 is 0 Å². The SMILES string of the molecule is CC(=O)OC1C(=O)C2(C)C(O)CC(O)C3(OC(C)=O)COC(C32)C2(O)CC(OC(=O)C(O)C(NC(=O)c3ccccc3)c3ccccc3)C(C)=C1C2(C)C. The average molecular weight is 750 g/mol. The molecule has 3 fully saturated rings. The van der Waals surface area contributed by atoms with E-state index in [0.717, 1.165) is 13.8 Å². The van der Waals surface area contributed by atoms with Crippen LogP contribution in [0.2, 0.25) is 0 Å². The van der Waals surface area contributed by atoms with Crippen LogP contribution in [0.15, 0.2) is 71.8 Å². The number of nitrogens with one attached hydrogen (secondary N) is 1. The molecular weight excluding hydrogens is 702 g/mol. The third-order valence-electron chi connectivity index (χ3n) is 12.2. The van der Waals surface area contributed by atoms with Gasteiger partial charge in [-0.1, -0.05) is 62.4 Å². The van der Waals surface area contributed by atoms with Gasteiger partial charge in [-0.3, -0.25) is 19.2 Å². The van der Waals surface area contributed by atoms with Gasteiger partial charge in [0, 0.05) is 43.6 Å². The molecule has 4 aliphatic rings. The van der Waals surface area contributed by atoms with Crippen molar-refractivity contribution in [1.29, 1.82) is 0 Å². The van der Waals surface area contributed by atoms with Crippen molar-refractivity contribution in [2.45, 2.75) is 108 Å². The maximum Gasteiger partial charge on any atom is 0.338 e. The summed E-state index contributed by atoms with van der Waals surface area (Å²) < 4.78 is 23.8. The molecule has 5 N–H and O–H groups in total. The summed E-state index contributed by atoms with van der Waals surface area (Å²) in [5.74, 6) is -5.57. The smallest absolute Gasteiger partial charge is 0.338 e. The van der Waals surface area contributed by atoms with E-state index in [2.05, 4.69) is 5.32 Å². The number of fused-ring (bicyclic) bond motifs is 3. The van der Waals surface area contributed by atoms with E-state index in [1.54, 1.807) is 81.4 Å². The molecule has 1 heterocycles. The summed E-state index contributed by atoms with van der Waals surface area (Å²) >= 11 is 0. The maximum absolute atomic E-state index is 15.0. The van der Waals surface area contributed by atoms with Crippen LogP contribution in [0.4, 0.5) is 0 Å². The number of ether oxygens (including phenoxy) is 4. The highest BCUT2D eigenvalue weighted by Gasteiger charge is 2.77. The van der Waals surface area contributed by atoms with Gasteiger partial charge in [0.05, 0.1) is 36.4 Å². The molecule has 1 amide bonds. The summed E-state index contributed by atoms with van der Waals surface area (Å²) in [4.78, 5) is 67.5. The summed E-state index contributed by atoms with van der Waals surface area (Å²) in [6.45, 7) is 7.97. The Kier molecular flexibility index (Phi) is 10.2. The fraction of sp³-hybridized carbons (Fsp3) is 0.525. The second kappa shape index (κ2) is 14.0. The zero-order chi connectivity index (χ0) is 39.5. The first kappa shape index (κ1) is 39.2. The molecule has 1 aliphatic heterocycles. The van der Waals surface area contributed by atoms with E-state index in [1.165, 1.54) is 6.92 Å². The molecule has 6 rings (SSSR count). The van der Waals surface area contributed by atoms with Crippen LogP contribution in [-0.2, 0) is 38.1 Å². The van der Waals surface area contributed by atoms with E-state index < -0.39 is 113 Å². The molecule has 2 saturated carbocycles. The summed E-state index contributed by atoms with van der Waals surface area (Å²) in [6, 6.07) is 15.2. The molecule has 0 spiro atoms. The molecule has 54 heavy (non-hydrogen) atoms. The van der Waals surface area contributed by atoms with E-state index in [-0.39, 0.29) is 23.1 Å². The van der Waals surface area contributed by atoms with Gasteiger partial charge in [0.1, 0.15) is 11.7 Å². The van der Waals surface area contributed by atoms with Crippen LogP contribution in [0.5, 0.6) is 0 Å². The summed E-state index contributed by atoms with van der Waals surface area (Å²) in [5.41, 5.74) is -6.38. The van der Waals surface area contributed by atoms with Gasteiger partial charge in [0.15, 0.2) is 23.6 Å². The van der Waals surface area contributed by atoms with Gasteiger partial charge in [0.2, 0.25) is 0 Å². The van der Waals surface area contributed by atoms with Crippen LogP contribution in [0.3, 0.4) is 0 Å². The van der Waals surface area contributed by atoms with E-state index in [1.807, 2.05) is 0 Å². The van der Waals surface area contributed by atoms with Crippen LogP contribution in [-0.4, -0.2) is 104 Å². The lowest BCUT2D eigenvalue weighted by molar-refractivity contribution is -0.243. The Balaban J connectivity index is 1.45. The molecule has 11 atom stereocenters. The molecular formula is C40H47NO13. The van der Waals surface area contributed by atoms with Crippen molar-refractivity contribution in [3.8, 4) is 0 Å². The summed E-state index contributed by atoms with van der Waals surface area (Å²) in [7, 11) is 0. The van der Waals surface area contributed by atoms with Crippen LogP contribution >= 0.6 is 0 Å². The molecule has 3 aliphatic carbocycles. The first-order valence-corrected chi connectivity index (χ1v) is 17.9. The van der Waals surface area contributed by atoms with Crippen molar-refractivity contribution in [3.63, 3.8) is 0 Å². The molecule has 2 aromatic carbocycles. The molecule has 0 radical (unpaired) electrons. The number of carbonyl (C=O) groups is 5. The number of esters is 3. The molecule has 2 aromatic rings. The lowest BCUT2D eigenvalue weighted by atomic mass is 9.46. The third-order valence-corrected chi connectivity index (χ3v) is 12.2. The predicted molar refractivity (Wildman–Crippen MR) is 188 cm³/mol. The monoisotopic (exact) mass is 749 g/mol. The van der Waals surface area contributed by atoms with Crippen LogP contribution < -0.4 is 5.32 Å². The van der Waals surface area contributed by atoms with Gasteiger partial charge in [-0.2, -0.15) is 0 Å². The van der Waals surface area contributed by atoms with Gasteiger partial charge in [-0.15, -0.1) is 0 Å².